The lowest BCUT2D eigenvalue weighted by Crippen LogP contribution is -2.22. The van der Waals surface area contributed by atoms with Gasteiger partial charge in [0.15, 0.2) is 0 Å². The second-order valence-corrected chi connectivity index (χ2v) is 12.5. The van der Waals surface area contributed by atoms with Crippen LogP contribution in [0, 0.1) is 0 Å². The lowest BCUT2D eigenvalue weighted by Gasteiger charge is -2.15. The third-order valence-electron chi connectivity index (χ3n) is 2.90. The second-order valence-electron chi connectivity index (χ2n) is 6.00. The van der Waals surface area contributed by atoms with Crippen molar-refractivity contribution in [2.45, 2.75) is 32.4 Å². The molecule has 0 saturated heterocycles. The third kappa shape index (κ3) is 4.85. The van der Waals surface area contributed by atoms with E-state index in [-0.39, 0.29) is 0 Å². The van der Waals surface area contributed by atoms with E-state index in [1.165, 1.54) is 6.04 Å². The highest BCUT2D eigenvalue weighted by Crippen LogP contribution is 2.19. The zero-order valence-electron chi connectivity index (χ0n) is 12.1. The van der Waals surface area contributed by atoms with Crippen molar-refractivity contribution in [1.29, 1.82) is 0 Å². The van der Waals surface area contributed by atoms with Gasteiger partial charge in [-0.3, -0.25) is 0 Å². The quantitative estimate of drug-likeness (QED) is 0.581. The van der Waals surface area contributed by atoms with Gasteiger partial charge in [0.25, 0.3) is 0 Å². The normalized spacial score (nSPS) is 11.8. The smallest absolute Gasteiger partial charge is 0.141 e. The largest absolute Gasteiger partial charge is 0.359 e. The molecule has 0 amide bonds. The van der Waals surface area contributed by atoms with Gasteiger partial charge in [0.2, 0.25) is 0 Å². The first kappa shape index (κ1) is 15.4. The maximum absolute atomic E-state index is 5.65. The Labute approximate surface area is 129 Å². The van der Waals surface area contributed by atoms with Crippen LogP contribution in [0.5, 0.6) is 0 Å². The summed E-state index contributed by atoms with van der Waals surface area (Å²) in [7, 11) is -1.02. The van der Waals surface area contributed by atoms with Gasteiger partial charge in [0.05, 0.1) is 6.20 Å². The number of halogens is 1. The lowest BCUT2D eigenvalue weighted by molar-refractivity contribution is 0.0772. The van der Waals surface area contributed by atoms with Crippen molar-refractivity contribution < 1.29 is 4.74 Å². The maximum Gasteiger partial charge on any atom is 0.141 e. The zero-order valence-corrected chi connectivity index (χ0v) is 14.7. The molecule has 0 bridgehead atoms. The van der Waals surface area contributed by atoms with Crippen molar-refractivity contribution in [1.82, 2.24) is 15.0 Å². The molecule has 0 unspecified atom stereocenters. The van der Waals surface area contributed by atoms with Gasteiger partial charge in [-0.1, -0.05) is 52.9 Å². The molecule has 1 heterocycles. The van der Waals surface area contributed by atoms with Crippen molar-refractivity contribution in [2.75, 3.05) is 6.61 Å². The van der Waals surface area contributed by atoms with Crippen LogP contribution >= 0.6 is 15.9 Å². The number of aromatic nitrogens is 3. The molecule has 1 aromatic carbocycles. The highest BCUT2D eigenvalue weighted by molar-refractivity contribution is 9.10. The van der Waals surface area contributed by atoms with Crippen molar-refractivity contribution in [3.63, 3.8) is 0 Å². The topological polar surface area (TPSA) is 39.9 Å². The molecule has 0 saturated carbocycles. The van der Waals surface area contributed by atoms with Crippen LogP contribution in [-0.4, -0.2) is 29.7 Å². The summed E-state index contributed by atoms with van der Waals surface area (Å²) in [5.41, 5.74) is 1.92. The standard InChI is InChI=1S/C14H20BrN3OSi/c1-20(2,3)9-8-19-11-18-10-14(16-17-18)12-4-6-13(15)7-5-12/h4-7,10H,8-9,11H2,1-3H3. The molecule has 0 spiro atoms. The fourth-order valence-electron chi connectivity index (χ4n) is 1.65. The minimum Gasteiger partial charge on any atom is -0.359 e. The molecule has 0 aliphatic rings. The van der Waals surface area contributed by atoms with E-state index in [2.05, 4.69) is 45.9 Å². The Morgan fingerprint density at radius 3 is 2.55 bits per heavy atom. The maximum atomic E-state index is 5.65. The van der Waals surface area contributed by atoms with Gasteiger partial charge in [-0.2, -0.15) is 0 Å². The van der Waals surface area contributed by atoms with E-state index in [1.807, 2.05) is 30.5 Å². The van der Waals surface area contributed by atoms with Crippen molar-refractivity contribution in [3.8, 4) is 11.3 Å². The lowest BCUT2D eigenvalue weighted by atomic mass is 10.2. The summed E-state index contributed by atoms with van der Waals surface area (Å²) in [4.78, 5) is 0. The first-order valence-corrected chi connectivity index (χ1v) is 11.2. The summed E-state index contributed by atoms with van der Waals surface area (Å²) in [5.74, 6) is 0. The van der Waals surface area contributed by atoms with E-state index in [9.17, 15) is 0 Å². The van der Waals surface area contributed by atoms with E-state index in [4.69, 9.17) is 4.74 Å². The Hall–Kier alpha value is -0.983. The molecule has 6 heteroatoms. The molecule has 2 aromatic rings. The van der Waals surface area contributed by atoms with Gasteiger partial charge in [0.1, 0.15) is 12.4 Å². The molecular weight excluding hydrogens is 334 g/mol. The fourth-order valence-corrected chi connectivity index (χ4v) is 2.67. The Morgan fingerprint density at radius 2 is 1.90 bits per heavy atom. The predicted octanol–water partition coefficient (Wildman–Crippen LogP) is 4.02. The molecule has 108 valence electrons. The average Bonchev–Trinajstić information content (AvgIpc) is 2.83. The van der Waals surface area contributed by atoms with Gasteiger partial charge in [-0.05, 0) is 18.2 Å². The Morgan fingerprint density at radius 1 is 1.20 bits per heavy atom. The summed E-state index contributed by atoms with van der Waals surface area (Å²) < 4.78 is 8.45. The molecule has 0 radical (unpaired) electrons. The average molecular weight is 354 g/mol. The first-order chi connectivity index (χ1) is 9.44. The molecule has 4 nitrogen and oxygen atoms in total. The zero-order chi connectivity index (χ0) is 14.6. The van der Waals surface area contributed by atoms with Crippen molar-refractivity contribution in [2.24, 2.45) is 0 Å². The van der Waals surface area contributed by atoms with Crippen LogP contribution in [0.4, 0.5) is 0 Å². The SMILES string of the molecule is C[Si](C)(C)CCOCn1cc(-c2ccc(Br)cc2)nn1. The molecule has 20 heavy (non-hydrogen) atoms. The first-order valence-electron chi connectivity index (χ1n) is 6.68. The number of rotatable bonds is 6. The second kappa shape index (κ2) is 6.65. The molecule has 2 rings (SSSR count). The van der Waals surface area contributed by atoms with Gasteiger partial charge in [-0.15, -0.1) is 5.10 Å². The number of hydrogen-bond donors (Lipinski definition) is 0. The van der Waals surface area contributed by atoms with Crippen LogP contribution in [0.2, 0.25) is 25.7 Å². The number of nitrogens with zero attached hydrogens (tertiary/aromatic N) is 3. The summed E-state index contributed by atoms with van der Waals surface area (Å²) in [6.07, 6.45) is 1.91. The molecule has 1 aromatic heterocycles. The summed E-state index contributed by atoms with van der Waals surface area (Å²) in [5, 5.41) is 8.26. The fraction of sp³-hybridized carbons (Fsp3) is 0.429. The van der Waals surface area contributed by atoms with E-state index >= 15 is 0 Å². The van der Waals surface area contributed by atoms with Crippen molar-refractivity contribution in [3.05, 3.63) is 34.9 Å². The van der Waals surface area contributed by atoms with Crippen LogP contribution < -0.4 is 0 Å². The van der Waals surface area contributed by atoms with Crippen LogP contribution in [0.15, 0.2) is 34.9 Å². The van der Waals surface area contributed by atoms with E-state index in [1.54, 1.807) is 4.68 Å². The van der Waals surface area contributed by atoms with Gasteiger partial charge in [0, 0.05) is 24.7 Å². The third-order valence-corrected chi connectivity index (χ3v) is 5.13. The molecule has 0 fully saturated rings. The summed E-state index contributed by atoms with van der Waals surface area (Å²) in [6.45, 7) is 8.30. The summed E-state index contributed by atoms with van der Waals surface area (Å²) in [6, 6.07) is 9.20. The molecule has 0 N–H and O–H groups in total. The van der Waals surface area contributed by atoms with Gasteiger partial charge in [-0.25, -0.2) is 4.68 Å². The van der Waals surface area contributed by atoms with Crippen LogP contribution in [0.25, 0.3) is 11.3 Å². The predicted molar refractivity (Wildman–Crippen MR) is 87.3 cm³/mol. The summed E-state index contributed by atoms with van der Waals surface area (Å²) >= 11 is 3.42. The number of benzene rings is 1. The van der Waals surface area contributed by atoms with Crippen LogP contribution in [0.1, 0.15) is 0 Å². The number of ether oxygens (including phenoxy) is 1. The highest BCUT2D eigenvalue weighted by atomic mass is 79.9. The number of hydrogen-bond acceptors (Lipinski definition) is 3. The van der Waals surface area contributed by atoms with Gasteiger partial charge >= 0.3 is 0 Å². The molecule has 0 aliphatic carbocycles. The Kier molecular flexibility index (Phi) is 5.12. The van der Waals surface area contributed by atoms with E-state index in [0.717, 1.165) is 22.3 Å². The van der Waals surface area contributed by atoms with Gasteiger partial charge < -0.3 is 4.74 Å². The highest BCUT2D eigenvalue weighted by Gasteiger charge is 2.12. The molecular formula is C14H20BrN3OSi. The van der Waals surface area contributed by atoms with Crippen LogP contribution in [0.3, 0.4) is 0 Å². The van der Waals surface area contributed by atoms with Crippen molar-refractivity contribution >= 4 is 24.0 Å². The van der Waals surface area contributed by atoms with E-state index < -0.39 is 8.07 Å². The Bertz CT molecular complexity index is 548. The monoisotopic (exact) mass is 353 g/mol. The van der Waals surface area contributed by atoms with Crippen LogP contribution in [-0.2, 0) is 11.5 Å². The van der Waals surface area contributed by atoms with E-state index in [0.29, 0.717) is 6.73 Å². The minimum atomic E-state index is -1.02. The molecule has 0 atom stereocenters. The minimum absolute atomic E-state index is 0.466. The molecule has 0 aliphatic heterocycles. The Balaban J connectivity index is 1.88.